The number of fused-ring (bicyclic) bond motifs is 12. The van der Waals surface area contributed by atoms with Gasteiger partial charge in [0.05, 0.1) is 32.4 Å². The Morgan fingerprint density at radius 1 is 0.525 bits per heavy atom. The maximum absolute atomic E-state index is 5.71. The lowest BCUT2D eigenvalue weighted by atomic mass is 9.63. The van der Waals surface area contributed by atoms with Gasteiger partial charge in [-0.25, -0.2) is 9.97 Å². The molecular formula is C55H35N3S. The monoisotopic (exact) mass is 769 g/mol. The molecule has 2 aliphatic rings. The largest absolute Gasteiger partial charge is 0.278 e. The van der Waals surface area contributed by atoms with Crippen molar-refractivity contribution in [3.05, 3.63) is 222 Å². The van der Waals surface area contributed by atoms with E-state index in [1.54, 1.807) is 11.3 Å². The van der Waals surface area contributed by atoms with Gasteiger partial charge >= 0.3 is 0 Å². The highest BCUT2D eigenvalue weighted by atomic mass is 32.1. The van der Waals surface area contributed by atoms with Gasteiger partial charge in [-0.1, -0.05) is 170 Å². The third kappa shape index (κ3) is 4.58. The fourth-order valence-electron chi connectivity index (χ4n) is 10.7. The van der Waals surface area contributed by atoms with Crippen LogP contribution in [0.5, 0.6) is 0 Å². The smallest absolute Gasteiger partial charge is 0.235 e. The number of rotatable bonds is 4. The van der Waals surface area contributed by atoms with E-state index in [-0.39, 0.29) is 11.8 Å². The quantitative estimate of drug-likeness (QED) is 0.178. The van der Waals surface area contributed by atoms with Crippen molar-refractivity contribution >= 4 is 75.0 Å². The summed E-state index contributed by atoms with van der Waals surface area (Å²) in [7, 11) is 0. The summed E-state index contributed by atoms with van der Waals surface area (Å²) in [5.74, 6) is 1.14. The van der Waals surface area contributed by atoms with Gasteiger partial charge in [-0.3, -0.25) is 4.57 Å². The molecule has 59 heavy (non-hydrogen) atoms. The van der Waals surface area contributed by atoms with Gasteiger partial charge < -0.3 is 0 Å². The van der Waals surface area contributed by atoms with Gasteiger partial charge in [0.1, 0.15) is 0 Å². The SMILES string of the molecule is C1=CC2c3ccc(-c4nc(-n5c6cc7ccccc7cc6c6c7ccccc7ccc65)nc5c4sc4ccccc45)cc3C(c3ccccc3)(c3ccccc3)C2C=C1. The number of benzene rings is 8. The number of allylic oxidation sites excluding steroid dienone is 4. The van der Waals surface area contributed by atoms with Crippen molar-refractivity contribution in [2.24, 2.45) is 5.92 Å². The first-order valence-corrected chi connectivity index (χ1v) is 21.2. The fourth-order valence-corrected chi connectivity index (χ4v) is 11.8. The minimum absolute atomic E-state index is 0.218. The molecule has 0 amide bonds. The van der Waals surface area contributed by atoms with Gasteiger partial charge in [-0.2, -0.15) is 0 Å². The lowest BCUT2D eigenvalue weighted by Gasteiger charge is -2.39. The highest BCUT2D eigenvalue weighted by Gasteiger charge is 2.53. The van der Waals surface area contributed by atoms with Crippen molar-refractivity contribution in [3.8, 4) is 17.2 Å². The van der Waals surface area contributed by atoms with E-state index < -0.39 is 5.41 Å². The Morgan fingerprint density at radius 2 is 1.20 bits per heavy atom. The van der Waals surface area contributed by atoms with Crippen LogP contribution in [-0.4, -0.2) is 14.5 Å². The summed E-state index contributed by atoms with van der Waals surface area (Å²) < 4.78 is 4.63. The van der Waals surface area contributed by atoms with Crippen molar-refractivity contribution in [2.45, 2.75) is 11.3 Å². The highest BCUT2D eigenvalue weighted by Crippen LogP contribution is 2.60. The van der Waals surface area contributed by atoms with Crippen LogP contribution >= 0.6 is 11.3 Å². The summed E-state index contributed by atoms with van der Waals surface area (Å²) in [6.07, 6.45) is 9.30. The second-order valence-electron chi connectivity index (χ2n) is 16.0. The zero-order chi connectivity index (χ0) is 38.7. The molecule has 4 heteroatoms. The molecule has 0 fully saturated rings. The molecule has 2 unspecified atom stereocenters. The Bertz CT molecular complexity index is 3530. The van der Waals surface area contributed by atoms with Gasteiger partial charge in [-0.05, 0) is 74.1 Å². The predicted octanol–water partition coefficient (Wildman–Crippen LogP) is 14.1. The molecule has 0 N–H and O–H groups in total. The van der Waals surface area contributed by atoms with E-state index in [4.69, 9.17) is 9.97 Å². The second kappa shape index (κ2) is 12.4. The van der Waals surface area contributed by atoms with Gasteiger partial charge in [0.2, 0.25) is 5.95 Å². The van der Waals surface area contributed by atoms with Gasteiger partial charge in [-0.15, -0.1) is 11.3 Å². The first kappa shape index (κ1) is 32.9. The van der Waals surface area contributed by atoms with Crippen LogP contribution in [-0.2, 0) is 5.41 Å². The second-order valence-corrected chi connectivity index (χ2v) is 17.1. The lowest BCUT2D eigenvalue weighted by molar-refractivity contribution is 0.457. The Labute approximate surface area is 344 Å². The van der Waals surface area contributed by atoms with Crippen LogP contribution in [0.4, 0.5) is 0 Å². The van der Waals surface area contributed by atoms with E-state index >= 15 is 0 Å². The molecule has 0 bridgehead atoms. The van der Waals surface area contributed by atoms with E-state index in [0.29, 0.717) is 5.95 Å². The Morgan fingerprint density at radius 3 is 2.00 bits per heavy atom. The normalized spacial score (nSPS) is 16.8. The summed E-state index contributed by atoms with van der Waals surface area (Å²) in [5.41, 5.74) is 10.2. The molecule has 3 nitrogen and oxygen atoms in total. The lowest BCUT2D eigenvalue weighted by Crippen LogP contribution is -2.35. The van der Waals surface area contributed by atoms with Crippen LogP contribution in [0.15, 0.2) is 200 Å². The average molecular weight is 770 g/mol. The molecule has 11 aromatic rings. The van der Waals surface area contributed by atoms with Crippen LogP contribution < -0.4 is 0 Å². The standard InChI is InChI=1S/C55H35N3S/c1-3-18-38(19-4-1)55(39-20-5-2-6-21-39)45-25-13-11-23-41(45)42-29-27-37(32-46(42)55)51-53-52(43-24-12-14-26-49(43)59-53)57-54(56-51)58-47-30-28-34-15-9-10-22-40(34)50(47)44-31-35-16-7-8-17-36(35)33-48(44)58/h1-33,41,45H. The molecule has 2 aliphatic carbocycles. The Hall–Kier alpha value is -7.14. The number of thiophene rings is 1. The number of hydrogen-bond acceptors (Lipinski definition) is 3. The first-order valence-electron chi connectivity index (χ1n) is 20.4. The van der Waals surface area contributed by atoms with Crippen molar-refractivity contribution in [3.63, 3.8) is 0 Å². The molecule has 0 radical (unpaired) electrons. The summed E-state index contributed by atoms with van der Waals surface area (Å²) in [4.78, 5) is 11.3. The molecule has 8 aromatic carbocycles. The Kier molecular flexibility index (Phi) is 6.93. The van der Waals surface area contributed by atoms with E-state index in [9.17, 15) is 0 Å². The summed E-state index contributed by atoms with van der Waals surface area (Å²) in [6, 6.07) is 64.7. The van der Waals surface area contributed by atoms with E-state index in [2.05, 4.69) is 205 Å². The van der Waals surface area contributed by atoms with E-state index in [1.165, 1.54) is 59.3 Å². The molecule has 0 saturated carbocycles. The maximum Gasteiger partial charge on any atom is 0.235 e. The van der Waals surface area contributed by atoms with Gasteiger partial charge in [0, 0.05) is 38.3 Å². The maximum atomic E-state index is 5.71. The van der Waals surface area contributed by atoms with Crippen LogP contribution in [0.3, 0.4) is 0 Å². The molecule has 0 saturated heterocycles. The predicted molar refractivity (Wildman–Crippen MR) is 247 cm³/mol. The van der Waals surface area contributed by atoms with Crippen molar-refractivity contribution in [2.75, 3.05) is 0 Å². The average Bonchev–Trinajstić information content (AvgIpc) is 3.94. The number of aromatic nitrogens is 3. The van der Waals surface area contributed by atoms with Crippen molar-refractivity contribution < 1.29 is 0 Å². The molecule has 3 heterocycles. The van der Waals surface area contributed by atoms with E-state index in [1.807, 2.05) is 0 Å². The topological polar surface area (TPSA) is 30.7 Å². The van der Waals surface area contributed by atoms with Crippen LogP contribution in [0.2, 0.25) is 0 Å². The first-order chi connectivity index (χ1) is 29.3. The molecule has 0 aliphatic heterocycles. The minimum Gasteiger partial charge on any atom is -0.278 e. The molecule has 13 rings (SSSR count). The summed E-state index contributed by atoms with van der Waals surface area (Å²) >= 11 is 1.79. The van der Waals surface area contributed by atoms with Gasteiger partial charge in [0.15, 0.2) is 0 Å². The molecule has 2 atom stereocenters. The zero-order valence-electron chi connectivity index (χ0n) is 32.0. The van der Waals surface area contributed by atoms with Crippen LogP contribution in [0, 0.1) is 5.92 Å². The third-order valence-electron chi connectivity index (χ3n) is 13.1. The number of hydrogen-bond donors (Lipinski definition) is 0. The van der Waals surface area contributed by atoms with E-state index in [0.717, 1.165) is 37.9 Å². The minimum atomic E-state index is -0.399. The van der Waals surface area contributed by atoms with Crippen LogP contribution in [0.25, 0.3) is 80.9 Å². The highest BCUT2D eigenvalue weighted by molar-refractivity contribution is 7.26. The third-order valence-corrected chi connectivity index (χ3v) is 14.3. The summed E-state index contributed by atoms with van der Waals surface area (Å²) in [5, 5.41) is 8.44. The van der Waals surface area contributed by atoms with Crippen molar-refractivity contribution in [1.29, 1.82) is 0 Å². The molecular weight excluding hydrogens is 735 g/mol. The van der Waals surface area contributed by atoms with Crippen molar-refractivity contribution in [1.82, 2.24) is 14.5 Å². The zero-order valence-corrected chi connectivity index (χ0v) is 32.8. The Balaban J connectivity index is 1.14. The molecule has 0 spiro atoms. The molecule has 276 valence electrons. The van der Waals surface area contributed by atoms with Gasteiger partial charge in [0.25, 0.3) is 0 Å². The molecule has 3 aromatic heterocycles. The fraction of sp³-hybridized carbons (Fsp3) is 0.0545. The van der Waals surface area contributed by atoms with Crippen LogP contribution in [0.1, 0.15) is 28.2 Å². The summed E-state index contributed by atoms with van der Waals surface area (Å²) in [6.45, 7) is 0. The number of nitrogens with zero attached hydrogens (tertiary/aromatic N) is 3.